The third-order valence-electron chi connectivity index (χ3n) is 3.60. The lowest BCUT2D eigenvalue weighted by Gasteiger charge is -2.26. The summed E-state index contributed by atoms with van der Waals surface area (Å²) in [7, 11) is 3.01. The summed E-state index contributed by atoms with van der Waals surface area (Å²) >= 11 is 0. The molecule has 0 aromatic carbocycles. The van der Waals surface area contributed by atoms with Crippen molar-refractivity contribution in [2.75, 3.05) is 40.5 Å². The van der Waals surface area contributed by atoms with Crippen LogP contribution < -0.4 is 5.32 Å². The summed E-state index contributed by atoms with van der Waals surface area (Å²) in [5, 5.41) is 2.85. The lowest BCUT2D eigenvalue weighted by molar-refractivity contribution is -0.143. The number of ether oxygens (including phenoxy) is 2. The molecular weight excluding hydrogens is 260 g/mol. The SMILES string of the molecule is COCCCNC(=O)CN(CC(=O)OC)C1CCCC1. The normalized spacial score (nSPS) is 15.6. The van der Waals surface area contributed by atoms with E-state index in [1.807, 2.05) is 4.90 Å². The Morgan fingerprint density at radius 3 is 2.50 bits per heavy atom. The van der Waals surface area contributed by atoms with E-state index >= 15 is 0 Å². The molecule has 0 aromatic rings. The Kier molecular flexibility index (Phi) is 8.22. The highest BCUT2D eigenvalue weighted by Gasteiger charge is 2.26. The van der Waals surface area contributed by atoms with Crippen molar-refractivity contribution in [1.82, 2.24) is 10.2 Å². The van der Waals surface area contributed by atoms with Crippen LogP contribution in [0.15, 0.2) is 0 Å². The molecule has 0 bridgehead atoms. The molecule has 0 atom stereocenters. The molecule has 1 aliphatic rings. The van der Waals surface area contributed by atoms with Gasteiger partial charge in [0.2, 0.25) is 5.91 Å². The number of hydrogen-bond acceptors (Lipinski definition) is 5. The molecule has 1 fully saturated rings. The molecule has 116 valence electrons. The Labute approximate surface area is 120 Å². The van der Waals surface area contributed by atoms with E-state index in [0.717, 1.165) is 32.1 Å². The molecular formula is C14H26N2O4. The van der Waals surface area contributed by atoms with E-state index in [9.17, 15) is 9.59 Å². The molecule has 1 amide bonds. The zero-order valence-electron chi connectivity index (χ0n) is 12.5. The van der Waals surface area contributed by atoms with Gasteiger partial charge in [-0.1, -0.05) is 12.8 Å². The van der Waals surface area contributed by atoms with Crippen molar-refractivity contribution in [3.05, 3.63) is 0 Å². The Hall–Kier alpha value is -1.14. The van der Waals surface area contributed by atoms with Crippen molar-refractivity contribution < 1.29 is 19.1 Å². The van der Waals surface area contributed by atoms with Gasteiger partial charge in [-0.05, 0) is 19.3 Å². The molecule has 1 aliphatic carbocycles. The maximum atomic E-state index is 11.9. The Balaban J connectivity index is 2.38. The maximum absolute atomic E-state index is 11.9. The molecule has 20 heavy (non-hydrogen) atoms. The predicted octanol–water partition coefficient (Wildman–Crippen LogP) is 0.557. The average Bonchev–Trinajstić information content (AvgIpc) is 2.97. The molecule has 0 unspecified atom stereocenters. The van der Waals surface area contributed by atoms with Crippen molar-refractivity contribution in [3.8, 4) is 0 Å². The molecule has 1 rings (SSSR count). The van der Waals surface area contributed by atoms with Crippen LogP contribution >= 0.6 is 0 Å². The van der Waals surface area contributed by atoms with Crippen molar-refractivity contribution in [3.63, 3.8) is 0 Å². The van der Waals surface area contributed by atoms with E-state index < -0.39 is 0 Å². The zero-order valence-corrected chi connectivity index (χ0v) is 12.5. The number of carbonyl (C=O) groups excluding carboxylic acids is 2. The van der Waals surface area contributed by atoms with Crippen molar-refractivity contribution >= 4 is 11.9 Å². The molecule has 0 aliphatic heterocycles. The molecule has 0 spiro atoms. The van der Waals surface area contributed by atoms with Gasteiger partial charge in [-0.25, -0.2) is 0 Å². The molecule has 6 heteroatoms. The zero-order chi connectivity index (χ0) is 14.8. The number of nitrogens with one attached hydrogen (secondary N) is 1. The van der Waals surface area contributed by atoms with Crippen molar-refractivity contribution in [2.45, 2.75) is 38.1 Å². The van der Waals surface area contributed by atoms with Crippen LogP contribution in [0.2, 0.25) is 0 Å². The summed E-state index contributed by atoms with van der Waals surface area (Å²) in [6.07, 6.45) is 5.22. The average molecular weight is 286 g/mol. The lowest BCUT2D eigenvalue weighted by atomic mass is 10.2. The summed E-state index contributed by atoms with van der Waals surface area (Å²) in [6.45, 7) is 1.68. The minimum absolute atomic E-state index is 0.0445. The van der Waals surface area contributed by atoms with E-state index in [1.165, 1.54) is 7.11 Å². The van der Waals surface area contributed by atoms with E-state index in [-0.39, 0.29) is 25.0 Å². The van der Waals surface area contributed by atoms with Crippen LogP contribution in [-0.2, 0) is 19.1 Å². The molecule has 0 aromatic heterocycles. The summed E-state index contributed by atoms with van der Waals surface area (Å²) in [5.74, 6) is -0.332. The summed E-state index contributed by atoms with van der Waals surface area (Å²) in [5.41, 5.74) is 0. The van der Waals surface area contributed by atoms with Crippen LogP contribution in [0.1, 0.15) is 32.1 Å². The highest BCUT2D eigenvalue weighted by atomic mass is 16.5. The second-order valence-corrected chi connectivity index (χ2v) is 5.12. The molecule has 0 saturated heterocycles. The fraction of sp³-hybridized carbons (Fsp3) is 0.857. The molecule has 6 nitrogen and oxygen atoms in total. The van der Waals surface area contributed by atoms with Crippen molar-refractivity contribution in [2.24, 2.45) is 0 Å². The lowest BCUT2D eigenvalue weighted by Crippen LogP contribution is -2.45. The number of amides is 1. The van der Waals surface area contributed by atoms with E-state index in [2.05, 4.69) is 5.32 Å². The van der Waals surface area contributed by atoms with Crippen LogP contribution in [0.3, 0.4) is 0 Å². The monoisotopic (exact) mass is 286 g/mol. The van der Waals surface area contributed by atoms with Gasteiger partial charge < -0.3 is 14.8 Å². The number of hydrogen-bond donors (Lipinski definition) is 1. The van der Waals surface area contributed by atoms with E-state index in [4.69, 9.17) is 9.47 Å². The number of esters is 1. The number of rotatable bonds is 9. The maximum Gasteiger partial charge on any atom is 0.319 e. The van der Waals surface area contributed by atoms with Gasteiger partial charge in [-0.3, -0.25) is 14.5 Å². The number of carbonyl (C=O) groups is 2. The number of nitrogens with zero attached hydrogens (tertiary/aromatic N) is 1. The van der Waals surface area contributed by atoms with Gasteiger partial charge in [0.25, 0.3) is 0 Å². The largest absolute Gasteiger partial charge is 0.468 e. The minimum atomic E-state index is -0.288. The molecule has 1 saturated carbocycles. The Morgan fingerprint density at radius 2 is 1.90 bits per heavy atom. The van der Waals surface area contributed by atoms with Crippen LogP contribution in [0.5, 0.6) is 0 Å². The quantitative estimate of drug-likeness (QED) is 0.495. The first-order chi connectivity index (χ1) is 9.67. The highest BCUT2D eigenvalue weighted by molar-refractivity contribution is 5.79. The topological polar surface area (TPSA) is 67.9 Å². The van der Waals surface area contributed by atoms with Gasteiger partial charge in [-0.2, -0.15) is 0 Å². The first-order valence-electron chi connectivity index (χ1n) is 7.24. The first kappa shape index (κ1) is 16.9. The van der Waals surface area contributed by atoms with Crippen LogP contribution in [0, 0.1) is 0 Å². The Morgan fingerprint density at radius 1 is 1.20 bits per heavy atom. The fourth-order valence-corrected chi connectivity index (χ4v) is 2.50. The van der Waals surface area contributed by atoms with Gasteiger partial charge in [0.15, 0.2) is 0 Å². The minimum Gasteiger partial charge on any atom is -0.468 e. The van der Waals surface area contributed by atoms with Gasteiger partial charge in [0.05, 0.1) is 20.2 Å². The van der Waals surface area contributed by atoms with E-state index in [1.54, 1.807) is 7.11 Å². The summed E-state index contributed by atoms with van der Waals surface area (Å²) < 4.78 is 9.64. The summed E-state index contributed by atoms with van der Waals surface area (Å²) in [6, 6.07) is 0.318. The Bertz CT molecular complexity index is 304. The third-order valence-corrected chi connectivity index (χ3v) is 3.60. The van der Waals surface area contributed by atoms with Crippen molar-refractivity contribution in [1.29, 1.82) is 0 Å². The molecule has 0 heterocycles. The van der Waals surface area contributed by atoms with Gasteiger partial charge in [0, 0.05) is 26.3 Å². The third kappa shape index (κ3) is 6.34. The van der Waals surface area contributed by atoms with Crippen LogP contribution in [0.25, 0.3) is 0 Å². The fourth-order valence-electron chi connectivity index (χ4n) is 2.50. The predicted molar refractivity (Wildman–Crippen MR) is 75.3 cm³/mol. The second kappa shape index (κ2) is 9.72. The van der Waals surface area contributed by atoms with Gasteiger partial charge >= 0.3 is 5.97 Å². The van der Waals surface area contributed by atoms with E-state index in [0.29, 0.717) is 19.2 Å². The second-order valence-electron chi connectivity index (χ2n) is 5.12. The molecule has 0 radical (unpaired) electrons. The van der Waals surface area contributed by atoms with Gasteiger partial charge in [0.1, 0.15) is 0 Å². The molecule has 1 N–H and O–H groups in total. The standard InChI is InChI=1S/C14H26N2O4/c1-19-9-5-8-15-13(17)10-16(11-14(18)20-2)12-6-3-4-7-12/h12H,3-11H2,1-2H3,(H,15,17). The van der Waals surface area contributed by atoms with Crippen LogP contribution in [0.4, 0.5) is 0 Å². The first-order valence-corrected chi connectivity index (χ1v) is 7.24. The number of methoxy groups -OCH3 is 2. The highest BCUT2D eigenvalue weighted by Crippen LogP contribution is 2.23. The van der Waals surface area contributed by atoms with Crippen LogP contribution in [-0.4, -0.2) is 63.3 Å². The van der Waals surface area contributed by atoms with Gasteiger partial charge in [-0.15, -0.1) is 0 Å². The summed E-state index contributed by atoms with van der Waals surface area (Å²) in [4.78, 5) is 25.3. The smallest absolute Gasteiger partial charge is 0.319 e.